The summed E-state index contributed by atoms with van der Waals surface area (Å²) in [6.07, 6.45) is 3.99. The highest BCUT2D eigenvalue weighted by Crippen LogP contribution is 2.19. The first-order chi connectivity index (χ1) is 8.15. The largest absolute Gasteiger partial charge is 0.367 e. The van der Waals surface area contributed by atoms with Crippen molar-refractivity contribution in [2.24, 2.45) is 5.73 Å². The number of carbonyl (C=O) groups excluding carboxylic acids is 1. The van der Waals surface area contributed by atoms with Crippen molar-refractivity contribution in [3.05, 3.63) is 17.4 Å². The summed E-state index contributed by atoms with van der Waals surface area (Å²) in [5.41, 5.74) is 5.16. The molecule has 3 N–H and O–H groups in total. The number of hydrogen-bond acceptors (Lipinski definition) is 5. The summed E-state index contributed by atoms with van der Waals surface area (Å²) < 4.78 is 5.45. The molecule has 0 saturated carbocycles. The highest BCUT2D eigenvalue weighted by Gasteiger charge is 2.28. The molecule has 0 radical (unpaired) electrons. The number of nitrogens with two attached hydrogens (primary N) is 1. The summed E-state index contributed by atoms with van der Waals surface area (Å²) in [5.74, 6) is 0.0794. The van der Waals surface area contributed by atoms with Crippen LogP contribution in [0.15, 0.2) is 12.4 Å². The normalized spacial score (nSPS) is 23.6. The predicted molar refractivity (Wildman–Crippen MR) is 62.6 cm³/mol. The van der Waals surface area contributed by atoms with Crippen molar-refractivity contribution in [2.75, 3.05) is 11.9 Å². The van der Waals surface area contributed by atoms with Crippen molar-refractivity contribution in [2.45, 2.75) is 25.0 Å². The number of rotatable bonds is 4. The maximum atomic E-state index is 10.9. The van der Waals surface area contributed by atoms with Crippen LogP contribution in [0.3, 0.4) is 0 Å². The van der Waals surface area contributed by atoms with E-state index in [4.69, 9.17) is 22.1 Å². The quantitative estimate of drug-likeness (QED) is 0.822. The molecule has 2 rings (SSSR count). The molecule has 92 valence electrons. The van der Waals surface area contributed by atoms with Crippen LogP contribution in [-0.2, 0) is 9.53 Å². The number of anilines is 1. The van der Waals surface area contributed by atoms with E-state index in [2.05, 4.69) is 15.3 Å². The molecule has 2 atom stereocenters. The van der Waals surface area contributed by atoms with Crippen LogP contribution < -0.4 is 11.1 Å². The van der Waals surface area contributed by atoms with Crippen LogP contribution in [0, 0.1) is 0 Å². The fraction of sp³-hybridized carbons (Fsp3) is 0.500. The minimum Gasteiger partial charge on any atom is -0.367 e. The van der Waals surface area contributed by atoms with Gasteiger partial charge in [0.25, 0.3) is 0 Å². The first kappa shape index (κ1) is 12.1. The van der Waals surface area contributed by atoms with E-state index in [9.17, 15) is 4.79 Å². The molecule has 1 aromatic rings. The van der Waals surface area contributed by atoms with Gasteiger partial charge in [-0.25, -0.2) is 9.97 Å². The number of hydrogen-bond donors (Lipinski definition) is 2. The molecule has 1 aromatic heterocycles. The number of primary amides is 1. The monoisotopic (exact) mass is 256 g/mol. The second-order valence-electron chi connectivity index (χ2n) is 3.83. The molecule has 0 aromatic carbocycles. The van der Waals surface area contributed by atoms with Crippen LogP contribution in [-0.4, -0.2) is 34.6 Å². The van der Waals surface area contributed by atoms with Gasteiger partial charge in [0, 0.05) is 6.54 Å². The van der Waals surface area contributed by atoms with E-state index in [0.29, 0.717) is 23.9 Å². The maximum absolute atomic E-state index is 10.9. The van der Waals surface area contributed by atoms with Crippen LogP contribution in [0.4, 0.5) is 5.95 Å². The summed E-state index contributed by atoms with van der Waals surface area (Å²) in [5, 5.41) is 3.50. The molecular weight excluding hydrogens is 244 g/mol. The highest BCUT2D eigenvalue weighted by atomic mass is 35.5. The molecule has 6 nitrogen and oxygen atoms in total. The lowest BCUT2D eigenvalue weighted by Crippen LogP contribution is -2.30. The van der Waals surface area contributed by atoms with Crippen molar-refractivity contribution in [1.82, 2.24) is 9.97 Å². The number of amides is 1. The molecule has 1 aliphatic rings. The fourth-order valence-corrected chi connectivity index (χ4v) is 1.77. The van der Waals surface area contributed by atoms with E-state index in [1.165, 1.54) is 12.4 Å². The van der Waals surface area contributed by atoms with Crippen molar-refractivity contribution in [3.63, 3.8) is 0 Å². The zero-order valence-electron chi connectivity index (χ0n) is 9.10. The van der Waals surface area contributed by atoms with Gasteiger partial charge in [0.1, 0.15) is 6.10 Å². The Morgan fingerprint density at radius 3 is 2.82 bits per heavy atom. The van der Waals surface area contributed by atoms with Gasteiger partial charge in [-0.3, -0.25) is 4.79 Å². The molecule has 0 spiro atoms. The minimum absolute atomic E-state index is 0.0354. The Balaban J connectivity index is 1.80. The first-order valence-electron chi connectivity index (χ1n) is 5.31. The van der Waals surface area contributed by atoms with E-state index < -0.39 is 12.0 Å². The van der Waals surface area contributed by atoms with Crippen LogP contribution in [0.5, 0.6) is 0 Å². The van der Waals surface area contributed by atoms with Gasteiger partial charge in [0.15, 0.2) is 0 Å². The Hall–Kier alpha value is -1.40. The molecule has 1 fully saturated rings. The van der Waals surface area contributed by atoms with Crippen molar-refractivity contribution < 1.29 is 9.53 Å². The minimum atomic E-state index is -0.465. The zero-order chi connectivity index (χ0) is 12.3. The second-order valence-corrected chi connectivity index (χ2v) is 4.27. The molecule has 2 heterocycles. The third kappa shape index (κ3) is 3.28. The van der Waals surface area contributed by atoms with Gasteiger partial charge >= 0.3 is 0 Å². The zero-order valence-corrected chi connectivity index (χ0v) is 9.85. The summed E-state index contributed by atoms with van der Waals surface area (Å²) in [6, 6.07) is 0. The third-order valence-electron chi connectivity index (χ3n) is 2.53. The van der Waals surface area contributed by atoms with E-state index >= 15 is 0 Å². The van der Waals surface area contributed by atoms with E-state index in [0.717, 1.165) is 6.42 Å². The molecule has 0 aliphatic carbocycles. The van der Waals surface area contributed by atoms with Crippen molar-refractivity contribution in [1.29, 1.82) is 0 Å². The highest BCUT2D eigenvalue weighted by molar-refractivity contribution is 6.30. The van der Waals surface area contributed by atoms with Gasteiger partial charge < -0.3 is 15.8 Å². The fourth-order valence-electron chi connectivity index (χ4n) is 1.67. The lowest BCUT2D eigenvalue weighted by Gasteiger charge is -2.12. The van der Waals surface area contributed by atoms with Crippen LogP contribution in [0.25, 0.3) is 0 Å². The lowest BCUT2D eigenvalue weighted by atomic mass is 10.2. The molecule has 0 unspecified atom stereocenters. The third-order valence-corrected chi connectivity index (χ3v) is 2.73. The summed E-state index contributed by atoms with van der Waals surface area (Å²) in [7, 11) is 0. The molecule has 17 heavy (non-hydrogen) atoms. The van der Waals surface area contributed by atoms with Gasteiger partial charge in [0.2, 0.25) is 11.9 Å². The van der Waals surface area contributed by atoms with E-state index in [1.807, 2.05) is 0 Å². The Morgan fingerprint density at radius 1 is 1.53 bits per heavy atom. The van der Waals surface area contributed by atoms with Gasteiger partial charge in [-0.2, -0.15) is 0 Å². The number of nitrogens with one attached hydrogen (secondary N) is 1. The van der Waals surface area contributed by atoms with Crippen molar-refractivity contribution >= 4 is 23.5 Å². The smallest absolute Gasteiger partial charge is 0.246 e. The molecule has 1 saturated heterocycles. The second kappa shape index (κ2) is 5.29. The number of carbonyl (C=O) groups is 1. The number of aromatic nitrogens is 2. The summed E-state index contributed by atoms with van der Waals surface area (Å²) >= 11 is 5.66. The molecule has 1 aliphatic heterocycles. The van der Waals surface area contributed by atoms with Crippen LogP contribution in [0.1, 0.15) is 12.8 Å². The number of ether oxygens (including phenoxy) is 1. The van der Waals surface area contributed by atoms with E-state index in [1.54, 1.807) is 0 Å². The SMILES string of the molecule is NC(=O)[C@H]1CC[C@@H](CNc2ncc(Cl)cn2)O1. The average molecular weight is 257 g/mol. The van der Waals surface area contributed by atoms with E-state index in [-0.39, 0.29) is 6.10 Å². The van der Waals surface area contributed by atoms with Crippen molar-refractivity contribution in [3.8, 4) is 0 Å². The standard InChI is InChI=1S/C10H13ClN4O2/c11-6-3-13-10(14-4-6)15-5-7-1-2-8(17-7)9(12)16/h3-4,7-8H,1-2,5H2,(H2,12,16)(H,13,14,15)/t7-,8+/m0/s1. The molecule has 1 amide bonds. The Labute approximate surface area is 104 Å². The number of nitrogens with zero attached hydrogens (tertiary/aromatic N) is 2. The Morgan fingerprint density at radius 2 is 2.24 bits per heavy atom. The molecule has 7 heteroatoms. The molecule has 0 bridgehead atoms. The average Bonchev–Trinajstić information content (AvgIpc) is 2.77. The Kier molecular flexibility index (Phi) is 3.75. The number of halogens is 1. The summed E-state index contributed by atoms with van der Waals surface area (Å²) in [4.78, 5) is 18.9. The van der Waals surface area contributed by atoms with Gasteiger partial charge in [-0.15, -0.1) is 0 Å². The van der Waals surface area contributed by atoms with Crippen LogP contribution in [0.2, 0.25) is 5.02 Å². The maximum Gasteiger partial charge on any atom is 0.246 e. The van der Waals surface area contributed by atoms with Gasteiger partial charge in [-0.05, 0) is 12.8 Å². The topological polar surface area (TPSA) is 90.1 Å². The Bertz CT molecular complexity index is 398. The van der Waals surface area contributed by atoms with Gasteiger partial charge in [0.05, 0.1) is 23.5 Å². The van der Waals surface area contributed by atoms with Gasteiger partial charge in [-0.1, -0.05) is 11.6 Å². The van der Waals surface area contributed by atoms with Crippen LogP contribution >= 0.6 is 11.6 Å². The first-order valence-corrected chi connectivity index (χ1v) is 5.69. The summed E-state index contributed by atoms with van der Waals surface area (Å²) in [6.45, 7) is 0.547. The predicted octanol–water partition coefficient (Wildman–Crippen LogP) is 0.575. The molecular formula is C10H13ClN4O2. The lowest BCUT2D eigenvalue weighted by molar-refractivity contribution is -0.128.